The molecule has 0 amide bonds. The van der Waals surface area contributed by atoms with E-state index in [9.17, 15) is 8.42 Å². The molecule has 0 spiro atoms. The van der Waals surface area contributed by atoms with E-state index in [2.05, 4.69) is 19.2 Å². The molecule has 6 heteroatoms. The minimum Gasteiger partial charge on any atom is -0.315 e. The Morgan fingerprint density at radius 3 is 2.62 bits per heavy atom. The number of hydrogen-bond acceptors (Lipinski definition) is 3. The highest BCUT2D eigenvalue weighted by Gasteiger charge is 2.36. The second-order valence-electron chi connectivity index (χ2n) is 6.51. The van der Waals surface area contributed by atoms with Gasteiger partial charge in [0.1, 0.15) is 0 Å². The van der Waals surface area contributed by atoms with Crippen molar-refractivity contribution < 1.29 is 8.42 Å². The Hall–Kier alpha value is -0.170. The van der Waals surface area contributed by atoms with E-state index < -0.39 is 10.2 Å². The molecule has 124 valence electrons. The van der Waals surface area contributed by atoms with Crippen LogP contribution in [0.2, 0.25) is 0 Å². The number of nitrogens with one attached hydrogen (secondary N) is 1. The van der Waals surface area contributed by atoms with Crippen molar-refractivity contribution in [1.82, 2.24) is 13.9 Å². The van der Waals surface area contributed by atoms with Crippen molar-refractivity contribution in [3.8, 4) is 0 Å². The lowest BCUT2D eigenvalue weighted by molar-refractivity contribution is 0.227. The van der Waals surface area contributed by atoms with Crippen molar-refractivity contribution >= 4 is 10.2 Å². The zero-order chi connectivity index (χ0) is 15.3. The maximum atomic E-state index is 13.0. The molecule has 2 unspecified atom stereocenters. The molecule has 2 aliphatic rings. The molecule has 2 fully saturated rings. The van der Waals surface area contributed by atoms with Crippen molar-refractivity contribution in [3.05, 3.63) is 0 Å². The second kappa shape index (κ2) is 7.90. The maximum Gasteiger partial charge on any atom is 0.282 e. The molecule has 0 radical (unpaired) electrons. The summed E-state index contributed by atoms with van der Waals surface area (Å²) in [6.45, 7) is 8.03. The monoisotopic (exact) mass is 317 g/mol. The van der Waals surface area contributed by atoms with Crippen molar-refractivity contribution in [1.29, 1.82) is 0 Å². The Bertz CT molecular complexity index is 413. The Labute approximate surface area is 130 Å². The molecule has 2 saturated heterocycles. The van der Waals surface area contributed by atoms with Gasteiger partial charge in [0.2, 0.25) is 0 Å². The van der Waals surface area contributed by atoms with Crippen molar-refractivity contribution in [2.75, 3.05) is 32.7 Å². The summed E-state index contributed by atoms with van der Waals surface area (Å²) in [5, 5.41) is 3.32. The quantitative estimate of drug-likeness (QED) is 0.841. The normalized spacial score (nSPS) is 30.2. The molecule has 0 saturated carbocycles. The minimum absolute atomic E-state index is 0.129. The van der Waals surface area contributed by atoms with Gasteiger partial charge in [-0.05, 0) is 44.6 Å². The van der Waals surface area contributed by atoms with Crippen molar-refractivity contribution in [2.24, 2.45) is 5.92 Å². The summed E-state index contributed by atoms with van der Waals surface area (Å²) in [7, 11) is -3.28. The van der Waals surface area contributed by atoms with E-state index in [0.717, 1.165) is 51.6 Å². The molecule has 0 bridgehead atoms. The average Bonchev–Trinajstić information content (AvgIpc) is 2.70. The standard InChI is InChI=1S/C15H31N3O2S/c1-3-16-13-15-8-4-5-11-18(15)21(19,20)17-10-6-7-14(2)9-12-17/h14-16H,3-13H2,1-2H3. The van der Waals surface area contributed by atoms with E-state index in [-0.39, 0.29) is 6.04 Å². The fourth-order valence-corrected chi connectivity index (χ4v) is 5.32. The lowest BCUT2D eigenvalue weighted by Crippen LogP contribution is -2.53. The van der Waals surface area contributed by atoms with E-state index in [1.165, 1.54) is 0 Å². The Morgan fingerprint density at radius 2 is 1.86 bits per heavy atom. The number of nitrogens with zero attached hydrogens (tertiary/aromatic N) is 2. The van der Waals surface area contributed by atoms with Gasteiger partial charge in [0.05, 0.1) is 0 Å². The van der Waals surface area contributed by atoms with Crippen LogP contribution in [0.3, 0.4) is 0 Å². The highest BCUT2D eigenvalue weighted by molar-refractivity contribution is 7.86. The van der Waals surface area contributed by atoms with E-state index in [4.69, 9.17) is 0 Å². The van der Waals surface area contributed by atoms with E-state index >= 15 is 0 Å². The first kappa shape index (κ1) is 17.2. The van der Waals surface area contributed by atoms with Gasteiger partial charge in [0.15, 0.2) is 0 Å². The van der Waals surface area contributed by atoms with Gasteiger partial charge in [-0.2, -0.15) is 17.0 Å². The summed E-state index contributed by atoms with van der Waals surface area (Å²) in [6.07, 6.45) is 6.24. The molecule has 1 N–H and O–H groups in total. The summed E-state index contributed by atoms with van der Waals surface area (Å²) >= 11 is 0. The third kappa shape index (κ3) is 4.41. The molecular formula is C15H31N3O2S. The Morgan fingerprint density at radius 1 is 1.05 bits per heavy atom. The molecule has 0 aliphatic carbocycles. The van der Waals surface area contributed by atoms with Gasteiger partial charge in [-0.15, -0.1) is 0 Å². The molecular weight excluding hydrogens is 286 g/mol. The zero-order valence-corrected chi connectivity index (χ0v) is 14.4. The smallest absolute Gasteiger partial charge is 0.282 e. The molecule has 0 aromatic carbocycles. The molecule has 5 nitrogen and oxygen atoms in total. The number of piperidine rings is 1. The molecule has 2 aliphatic heterocycles. The zero-order valence-electron chi connectivity index (χ0n) is 13.6. The van der Waals surface area contributed by atoms with Crippen LogP contribution in [-0.2, 0) is 10.2 Å². The Balaban J connectivity index is 2.07. The van der Waals surface area contributed by atoms with Crippen molar-refractivity contribution in [3.63, 3.8) is 0 Å². The fraction of sp³-hybridized carbons (Fsp3) is 1.00. The van der Waals surface area contributed by atoms with E-state index in [1.54, 1.807) is 8.61 Å². The van der Waals surface area contributed by atoms with Crippen LogP contribution < -0.4 is 5.32 Å². The minimum atomic E-state index is -3.28. The molecule has 2 rings (SSSR count). The van der Waals surface area contributed by atoms with Crippen LogP contribution in [0.4, 0.5) is 0 Å². The van der Waals surface area contributed by atoms with Crippen LogP contribution >= 0.6 is 0 Å². The third-order valence-corrected chi connectivity index (χ3v) is 6.89. The first-order chi connectivity index (χ1) is 10.1. The highest BCUT2D eigenvalue weighted by atomic mass is 32.2. The van der Waals surface area contributed by atoms with Gasteiger partial charge in [-0.1, -0.05) is 20.3 Å². The Kier molecular flexibility index (Phi) is 6.47. The number of hydrogen-bond donors (Lipinski definition) is 1. The highest BCUT2D eigenvalue weighted by Crippen LogP contribution is 2.25. The van der Waals surface area contributed by atoms with E-state index in [0.29, 0.717) is 25.6 Å². The first-order valence-electron chi connectivity index (χ1n) is 8.53. The maximum absolute atomic E-state index is 13.0. The van der Waals surface area contributed by atoms with Crippen LogP contribution in [0.1, 0.15) is 52.4 Å². The van der Waals surface area contributed by atoms with Crippen LogP contribution in [0.5, 0.6) is 0 Å². The summed E-state index contributed by atoms with van der Waals surface area (Å²) in [4.78, 5) is 0. The van der Waals surface area contributed by atoms with Crippen LogP contribution in [-0.4, -0.2) is 55.8 Å². The van der Waals surface area contributed by atoms with Gasteiger partial charge in [-0.25, -0.2) is 0 Å². The topological polar surface area (TPSA) is 52.7 Å². The largest absolute Gasteiger partial charge is 0.315 e. The van der Waals surface area contributed by atoms with Gasteiger partial charge in [0.25, 0.3) is 10.2 Å². The summed E-state index contributed by atoms with van der Waals surface area (Å²) in [5.74, 6) is 0.643. The van der Waals surface area contributed by atoms with Gasteiger partial charge >= 0.3 is 0 Å². The predicted molar refractivity (Wildman–Crippen MR) is 86.4 cm³/mol. The molecule has 0 aromatic rings. The lowest BCUT2D eigenvalue weighted by Gasteiger charge is -2.38. The molecule has 2 heterocycles. The van der Waals surface area contributed by atoms with Crippen LogP contribution in [0, 0.1) is 5.92 Å². The number of rotatable bonds is 5. The average molecular weight is 317 g/mol. The van der Waals surface area contributed by atoms with Crippen molar-refractivity contribution in [2.45, 2.75) is 58.4 Å². The summed E-state index contributed by atoms with van der Waals surface area (Å²) in [6, 6.07) is 0.129. The molecule has 0 aromatic heterocycles. The third-order valence-electron chi connectivity index (χ3n) is 4.80. The molecule has 2 atom stereocenters. The summed E-state index contributed by atoms with van der Waals surface area (Å²) < 4.78 is 29.5. The predicted octanol–water partition coefficient (Wildman–Crippen LogP) is 1.82. The van der Waals surface area contributed by atoms with Gasteiger partial charge < -0.3 is 5.32 Å². The van der Waals surface area contributed by atoms with Gasteiger partial charge in [0, 0.05) is 32.2 Å². The SMILES string of the molecule is CCNCC1CCCCN1S(=O)(=O)N1CCCC(C)CC1. The van der Waals surface area contributed by atoms with Gasteiger partial charge in [-0.3, -0.25) is 0 Å². The lowest BCUT2D eigenvalue weighted by atomic mass is 10.0. The van der Waals surface area contributed by atoms with E-state index in [1.807, 2.05) is 0 Å². The second-order valence-corrected chi connectivity index (χ2v) is 8.39. The molecule has 21 heavy (non-hydrogen) atoms. The number of likely N-dealkylation sites (N-methyl/N-ethyl adjacent to an activating group) is 1. The van der Waals surface area contributed by atoms with Crippen LogP contribution in [0.15, 0.2) is 0 Å². The summed E-state index contributed by atoms with van der Waals surface area (Å²) in [5.41, 5.74) is 0. The first-order valence-corrected chi connectivity index (χ1v) is 9.93. The van der Waals surface area contributed by atoms with Crippen LogP contribution in [0.25, 0.3) is 0 Å². The fourth-order valence-electron chi connectivity index (χ4n) is 3.41.